The molecule has 0 spiro atoms. The average Bonchev–Trinajstić information content (AvgIpc) is 2.37. The Morgan fingerprint density at radius 3 is 2.53 bits per heavy atom. The van der Waals surface area contributed by atoms with E-state index in [1.54, 1.807) is 18.2 Å². The summed E-state index contributed by atoms with van der Waals surface area (Å²) in [6, 6.07) is 8.51. The highest BCUT2D eigenvalue weighted by atomic mass is 32.2. The van der Waals surface area contributed by atoms with Gasteiger partial charge in [0.15, 0.2) is 0 Å². The van der Waals surface area contributed by atoms with Gasteiger partial charge in [0.25, 0.3) is 0 Å². The fourth-order valence-electron chi connectivity index (χ4n) is 1.40. The molecular formula is C12H10F3N3S. The SMILES string of the molecule is Nc1ccc(SCc2cccc(C(F)(F)F)c2)nn1. The van der Waals surface area contributed by atoms with E-state index in [0.29, 0.717) is 22.2 Å². The molecule has 0 saturated heterocycles. The van der Waals surface area contributed by atoms with E-state index >= 15 is 0 Å². The van der Waals surface area contributed by atoms with Crippen LogP contribution in [0.15, 0.2) is 41.4 Å². The first-order chi connectivity index (χ1) is 8.95. The third kappa shape index (κ3) is 3.85. The highest BCUT2D eigenvalue weighted by Crippen LogP contribution is 2.30. The molecule has 0 saturated carbocycles. The third-order valence-corrected chi connectivity index (χ3v) is 3.29. The lowest BCUT2D eigenvalue weighted by atomic mass is 10.1. The number of anilines is 1. The summed E-state index contributed by atoms with van der Waals surface area (Å²) in [5.41, 5.74) is 5.33. The zero-order valence-electron chi connectivity index (χ0n) is 9.69. The van der Waals surface area contributed by atoms with Crippen LogP contribution in [0.2, 0.25) is 0 Å². The largest absolute Gasteiger partial charge is 0.416 e. The third-order valence-electron chi connectivity index (χ3n) is 2.30. The van der Waals surface area contributed by atoms with Crippen LogP contribution in [0.4, 0.5) is 19.0 Å². The van der Waals surface area contributed by atoms with Crippen LogP contribution in [0.5, 0.6) is 0 Å². The number of hydrogen-bond donors (Lipinski definition) is 1. The van der Waals surface area contributed by atoms with Crippen LogP contribution in [0.25, 0.3) is 0 Å². The lowest BCUT2D eigenvalue weighted by Crippen LogP contribution is -2.04. The quantitative estimate of drug-likeness (QED) is 0.878. The second kappa shape index (κ2) is 5.48. The van der Waals surface area contributed by atoms with Crippen molar-refractivity contribution in [2.24, 2.45) is 0 Å². The van der Waals surface area contributed by atoms with Crippen molar-refractivity contribution in [3.63, 3.8) is 0 Å². The maximum absolute atomic E-state index is 12.5. The second-order valence-corrected chi connectivity index (χ2v) is 4.78. The summed E-state index contributed by atoms with van der Waals surface area (Å²) in [6.07, 6.45) is -4.32. The first-order valence-corrected chi connectivity index (χ1v) is 6.32. The molecule has 0 radical (unpaired) electrons. The molecule has 1 aromatic carbocycles. The van der Waals surface area contributed by atoms with Crippen molar-refractivity contribution in [3.05, 3.63) is 47.5 Å². The molecule has 1 heterocycles. The Bertz CT molecular complexity index is 555. The van der Waals surface area contributed by atoms with Crippen molar-refractivity contribution >= 4 is 17.6 Å². The summed E-state index contributed by atoms with van der Waals surface area (Å²) in [5, 5.41) is 8.12. The van der Waals surface area contributed by atoms with E-state index in [1.807, 2.05) is 0 Å². The van der Waals surface area contributed by atoms with Gasteiger partial charge in [-0.1, -0.05) is 30.0 Å². The minimum atomic E-state index is -4.32. The van der Waals surface area contributed by atoms with E-state index in [9.17, 15) is 13.2 Å². The summed E-state index contributed by atoms with van der Waals surface area (Å²) >= 11 is 1.31. The molecule has 3 nitrogen and oxygen atoms in total. The van der Waals surface area contributed by atoms with E-state index < -0.39 is 11.7 Å². The Morgan fingerprint density at radius 1 is 1.11 bits per heavy atom. The second-order valence-electron chi connectivity index (χ2n) is 3.78. The van der Waals surface area contributed by atoms with E-state index in [-0.39, 0.29) is 0 Å². The van der Waals surface area contributed by atoms with Gasteiger partial charge in [-0.2, -0.15) is 13.2 Å². The fourth-order valence-corrected chi connectivity index (χ4v) is 2.16. The molecule has 0 amide bonds. The molecule has 0 aliphatic rings. The average molecular weight is 285 g/mol. The molecule has 1 aromatic heterocycles. The van der Waals surface area contributed by atoms with Gasteiger partial charge in [-0.05, 0) is 23.8 Å². The van der Waals surface area contributed by atoms with Crippen molar-refractivity contribution < 1.29 is 13.2 Å². The summed E-state index contributed by atoms with van der Waals surface area (Å²) in [7, 11) is 0. The molecule has 2 N–H and O–H groups in total. The zero-order valence-corrected chi connectivity index (χ0v) is 10.5. The molecule has 19 heavy (non-hydrogen) atoms. The van der Waals surface area contributed by atoms with Crippen molar-refractivity contribution in [1.29, 1.82) is 0 Å². The van der Waals surface area contributed by atoms with Crippen LogP contribution in [-0.4, -0.2) is 10.2 Å². The molecule has 0 bridgehead atoms. The molecule has 0 fully saturated rings. The first kappa shape index (κ1) is 13.7. The van der Waals surface area contributed by atoms with E-state index in [2.05, 4.69) is 10.2 Å². The van der Waals surface area contributed by atoms with Crippen molar-refractivity contribution in [3.8, 4) is 0 Å². The minimum absolute atomic E-state index is 0.309. The molecule has 100 valence electrons. The van der Waals surface area contributed by atoms with Gasteiger partial charge in [-0.25, -0.2) is 0 Å². The van der Waals surface area contributed by atoms with Gasteiger partial charge in [0, 0.05) is 5.75 Å². The minimum Gasteiger partial charge on any atom is -0.382 e. The predicted molar refractivity (Wildman–Crippen MR) is 67.4 cm³/mol. The summed E-state index contributed by atoms with van der Waals surface area (Å²) in [4.78, 5) is 0. The first-order valence-electron chi connectivity index (χ1n) is 5.33. The number of halogens is 3. The van der Waals surface area contributed by atoms with Gasteiger partial charge in [-0.15, -0.1) is 10.2 Å². The summed E-state index contributed by atoms with van der Waals surface area (Å²) in [5.74, 6) is 0.700. The van der Waals surface area contributed by atoms with Crippen LogP contribution in [0, 0.1) is 0 Å². The molecule has 2 aromatic rings. The lowest BCUT2D eigenvalue weighted by Gasteiger charge is -2.08. The Kier molecular flexibility index (Phi) is 3.94. The van der Waals surface area contributed by atoms with Crippen molar-refractivity contribution in [2.75, 3.05) is 5.73 Å². The van der Waals surface area contributed by atoms with E-state index in [1.165, 1.54) is 17.8 Å². The number of hydrogen-bond acceptors (Lipinski definition) is 4. The van der Waals surface area contributed by atoms with Gasteiger partial charge in [0.2, 0.25) is 0 Å². The van der Waals surface area contributed by atoms with Crippen molar-refractivity contribution in [2.45, 2.75) is 17.0 Å². The van der Waals surface area contributed by atoms with Crippen LogP contribution in [0.3, 0.4) is 0 Å². The molecule has 0 aliphatic heterocycles. The maximum Gasteiger partial charge on any atom is 0.416 e. The Labute approximate surface area is 112 Å². The number of aromatic nitrogens is 2. The monoisotopic (exact) mass is 285 g/mol. The van der Waals surface area contributed by atoms with Gasteiger partial charge < -0.3 is 5.73 Å². The molecule has 0 unspecified atom stereocenters. The Morgan fingerprint density at radius 2 is 1.89 bits per heavy atom. The standard InChI is InChI=1S/C12H10F3N3S/c13-12(14,15)9-3-1-2-8(6-9)7-19-11-5-4-10(16)17-18-11/h1-6H,7H2,(H2,16,17). The molecule has 2 rings (SSSR count). The van der Waals surface area contributed by atoms with E-state index in [0.717, 1.165) is 12.1 Å². The van der Waals surface area contributed by atoms with Gasteiger partial charge >= 0.3 is 6.18 Å². The number of nitrogens with two attached hydrogens (primary N) is 1. The number of benzene rings is 1. The lowest BCUT2D eigenvalue weighted by molar-refractivity contribution is -0.137. The van der Waals surface area contributed by atoms with Gasteiger partial charge in [-0.3, -0.25) is 0 Å². The summed E-state index contributed by atoms with van der Waals surface area (Å²) in [6.45, 7) is 0. The molecule has 7 heteroatoms. The van der Waals surface area contributed by atoms with Gasteiger partial charge in [0.05, 0.1) is 5.56 Å². The van der Waals surface area contributed by atoms with Crippen LogP contribution < -0.4 is 5.73 Å². The number of alkyl halides is 3. The highest BCUT2D eigenvalue weighted by Gasteiger charge is 2.30. The normalized spacial score (nSPS) is 11.5. The van der Waals surface area contributed by atoms with Crippen LogP contribution >= 0.6 is 11.8 Å². The molecule has 0 atom stereocenters. The number of rotatable bonds is 3. The number of nitrogen functional groups attached to an aromatic ring is 1. The molecular weight excluding hydrogens is 275 g/mol. The maximum atomic E-state index is 12.5. The van der Waals surface area contributed by atoms with Crippen molar-refractivity contribution in [1.82, 2.24) is 10.2 Å². The molecule has 0 aliphatic carbocycles. The number of thioether (sulfide) groups is 1. The Balaban J connectivity index is 2.05. The van der Waals surface area contributed by atoms with E-state index in [4.69, 9.17) is 5.73 Å². The summed E-state index contributed by atoms with van der Waals surface area (Å²) < 4.78 is 37.6. The Hall–Kier alpha value is -1.76. The fraction of sp³-hybridized carbons (Fsp3) is 0.167. The van der Waals surface area contributed by atoms with Crippen LogP contribution in [0.1, 0.15) is 11.1 Å². The van der Waals surface area contributed by atoms with Gasteiger partial charge in [0.1, 0.15) is 10.8 Å². The number of nitrogens with zero attached hydrogens (tertiary/aromatic N) is 2. The topological polar surface area (TPSA) is 51.8 Å². The smallest absolute Gasteiger partial charge is 0.382 e. The predicted octanol–water partition coefficient (Wildman–Crippen LogP) is 3.37. The van der Waals surface area contributed by atoms with Crippen LogP contribution in [-0.2, 0) is 11.9 Å². The zero-order chi connectivity index (χ0) is 13.9. The highest BCUT2D eigenvalue weighted by molar-refractivity contribution is 7.98.